The summed E-state index contributed by atoms with van der Waals surface area (Å²) in [6.07, 6.45) is -6.59. The second-order valence-corrected chi connectivity index (χ2v) is 8.15. The Morgan fingerprint density at radius 3 is 2.14 bits per heavy atom. The molecule has 0 saturated heterocycles. The molecule has 0 bridgehead atoms. The molecule has 1 amide bonds. The highest BCUT2D eigenvalue weighted by Crippen LogP contribution is 2.36. The molecule has 36 heavy (non-hydrogen) atoms. The molecule has 3 rings (SSSR count). The highest BCUT2D eigenvalue weighted by atomic mass is 19.4. The van der Waals surface area contributed by atoms with E-state index in [1.54, 1.807) is 36.1 Å². The van der Waals surface area contributed by atoms with Crippen LogP contribution in [0.1, 0.15) is 38.5 Å². The number of nitrogens with zero attached hydrogens (tertiary/aromatic N) is 1. The van der Waals surface area contributed by atoms with Crippen LogP contribution in [-0.2, 0) is 30.7 Å². The highest BCUT2D eigenvalue weighted by Gasteiger charge is 2.36. The number of carbonyl (C=O) groups excluding carboxylic acids is 1. The topological polar surface area (TPSA) is 42.2 Å². The Kier molecular flexibility index (Phi) is 8.34. The maximum Gasteiger partial charge on any atom is 0.416 e. The van der Waals surface area contributed by atoms with Crippen molar-refractivity contribution in [3.05, 3.63) is 101 Å². The Balaban J connectivity index is 1.74. The van der Waals surface area contributed by atoms with E-state index in [1.165, 1.54) is 24.3 Å². The maximum atomic E-state index is 13.4. The third-order valence-electron chi connectivity index (χ3n) is 5.29. The van der Waals surface area contributed by atoms with E-state index >= 15 is 0 Å². The third-order valence-corrected chi connectivity index (χ3v) is 5.29. The van der Waals surface area contributed by atoms with Crippen LogP contribution in [0.4, 0.5) is 30.7 Å². The van der Waals surface area contributed by atoms with Gasteiger partial charge in [0.05, 0.1) is 24.3 Å². The number of aromatic nitrogens is 1. The molecule has 0 aliphatic rings. The number of aryl methyl sites for hydroxylation is 1. The minimum Gasteiger partial charge on any atom is -0.376 e. The summed E-state index contributed by atoms with van der Waals surface area (Å²) in [5, 5.41) is 2.72. The summed E-state index contributed by atoms with van der Waals surface area (Å²) in [7, 11) is 1.74. The Morgan fingerprint density at radius 1 is 0.972 bits per heavy atom. The van der Waals surface area contributed by atoms with Gasteiger partial charge in [-0.05, 0) is 47.5 Å². The number of hydrogen-bond donors (Lipinski definition) is 1. The first-order valence-corrected chi connectivity index (χ1v) is 10.7. The average Bonchev–Trinajstić information content (AvgIpc) is 2.80. The van der Waals surface area contributed by atoms with Crippen molar-refractivity contribution in [2.24, 2.45) is 7.05 Å². The van der Waals surface area contributed by atoms with Gasteiger partial charge in [-0.15, -0.1) is 0 Å². The maximum absolute atomic E-state index is 13.4. The molecule has 1 heterocycles. The van der Waals surface area contributed by atoms with Crippen LogP contribution in [0.5, 0.6) is 0 Å². The number of pyridine rings is 1. The van der Waals surface area contributed by atoms with Crippen molar-refractivity contribution in [3.8, 4) is 0 Å². The van der Waals surface area contributed by atoms with E-state index in [0.29, 0.717) is 23.3 Å². The molecule has 3 aromatic rings. The van der Waals surface area contributed by atoms with Crippen LogP contribution in [-0.4, -0.2) is 19.1 Å². The minimum absolute atomic E-state index is 0.0272. The SMILES string of the molecule is C[n+]1cccc(C(=O)NCC(COCc2cc(C(F)(F)F)cc(C(F)(F)F)c2)c2ccc(F)cc2)c1. The van der Waals surface area contributed by atoms with Crippen molar-refractivity contribution in [2.45, 2.75) is 24.9 Å². The van der Waals surface area contributed by atoms with Crippen LogP contribution in [0.3, 0.4) is 0 Å². The van der Waals surface area contributed by atoms with Crippen LogP contribution in [0, 0.1) is 5.82 Å². The Morgan fingerprint density at radius 2 is 1.58 bits per heavy atom. The first kappa shape index (κ1) is 27.1. The molecule has 0 saturated carbocycles. The largest absolute Gasteiger partial charge is 0.416 e. The third kappa shape index (κ3) is 7.51. The summed E-state index contributed by atoms with van der Waals surface area (Å²) in [5.41, 5.74) is -2.24. The lowest BCUT2D eigenvalue weighted by Gasteiger charge is -2.19. The van der Waals surface area contributed by atoms with E-state index in [1.807, 2.05) is 0 Å². The summed E-state index contributed by atoms with van der Waals surface area (Å²) in [6.45, 7) is -0.668. The van der Waals surface area contributed by atoms with Gasteiger partial charge in [0.1, 0.15) is 18.4 Å². The van der Waals surface area contributed by atoms with Crippen molar-refractivity contribution in [2.75, 3.05) is 13.2 Å². The fourth-order valence-electron chi connectivity index (χ4n) is 3.47. The molecule has 11 heteroatoms. The molecule has 0 spiro atoms. The van der Waals surface area contributed by atoms with E-state index in [0.717, 1.165) is 0 Å². The number of benzene rings is 2. The van der Waals surface area contributed by atoms with Gasteiger partial charge in [-0.3, -0.25) is 4.79 Å². The van der Waals surface area contributed by atoms with Crippen LogP contribution in [0.2, 0.25) is 0 Å². The number of carbonyl (C=O) groups is 1. The number of nitrogens with one attached hydrogen (secondary N) is 1. The molecule has 1 unspecified atom stereocenters. The van der Waals surface area contributed by atoms with Crippen molar-refractivity contribution < 1.29 is 44.8 Å². The molecule has 0 fully saturated rings. The summed E-state index contributed by atoms with van der Waals surface area (Å²) in [6, 6.07) is 9.84. The Labute approximate surface area is 202 Å². The number of halogens is 7. The zero-order valence-electron chi connectivity index (χ0n) is 19.0. The smallest absolute Gasteiger partial charge is 0.376 e. The van der Waals surface area contributed by atoms with Crippen LogP contribution >= 0.6 is 0 Å². The number of amides is 1. The molecule has 0 aliphatic carbocycles. The summed E-state index contributed by atoms with van der Waals surface area (Å²) in [5.74, 6) is -1.45. The predicted molar refractivity (Wildman–Crippen MR) is 115 cm³/mol. The molecule has 1 N–H and O–H groups in total. The quantitative estimate of drug-likeness (QED) is 0.322. The van der Waals surface area contributed by atoms with Crippen molar-refractivity contribution >= 4 is 5.91 Å². The van der Waals surface area contributed by atoms with E-state index < -0.39 is 47.7 Å². The molecule has 0 aliphatic heterocycles. The zero-order valence-corrected chi connectivity index (χ0v) is 19.0. The first-order valence-electron chi connectivity index (χ1n) is 10.7. The fraction of sp³-hybridized carbons (Fsp3) is 0.280. The lowest BCUT2D eigenvalue weighted by atomic mass is 9.99. The lowest BCUT2D eigenvalue weighted by molar-refractivity contribution is -0.671. The van der Waals surface area contributed by atoms with Crippen molar-refractivity contribution in [1.82, 2.24) is 5.32 Å². The normalized spacial score (nSPS) is 12.9. The molecular formula is C25H22F7N2O2+. The zero-order chi connectivity index (χ0) is 26.5. The van der Waals surface area contributed by atoms with Gasteiger partial charge in [0, 0.05) is 18.5 Å². The molecule has 192 valence electrons. The first-order chi connectivity index (χ1) is 16.8. The standard InChI is InChI=1S/C25H21F7N2O2/c1-34-8-2-3-18(13-34)23(35)33-12-19(17-4-6-22(26)7-5-17)15-36-14-16-9-20(24(27,28)29)11-21(10-16)25(30,31)32/h2-11,13,19H,12,14-15H2,1H3/p+1. The molecule has 1 atom stereocenters. The summed E-state index contributed by atoms with van der Waals surface area (Å²) >= 11 is 0. The fourth-order valence-corrected chi connectivity index (χ4v) is 3.47. The van der Waals surface area contributed by atoms with E-state index in [2.05, 4.69) is 5.32 Å². The highest BCUT2D eigenvalue weighted by molar-refractivity contribution is 5.93. The monoisotopic (exact) mass is 515 g/mol. The van der Waals surface area contributed by atoms with Gasteiger partial charge < -0.3 is 10.1 Å². The second kappa shape index (κ2) is 11.1. The van der Waals surface area contributed by atoms with Gasteiger partial charge >= 0.3 is 12.4 Å². The van der Waals surface area contributed by atoms with Gasteiger partial charge in [0.15, 0.2) is 12.4 Å². The second-order valence-electron chi connectivity index (χ2n) is 8.15. The summed E-state index contributed by atoms with van der Waals surface area (Å²) in [4.78, 5) is 12.5. The van der Waals surface area contributed by atoms with Gasteiger partial charge in [0.2, 0.25) is 0 Å². The van der Waals surface area contributed by atoms with Crippen molar-refractivity contribution in [3.63, 3.8) is 0 Å². The van der Waals surface area contributed by atoms with Crippen molar-refractivity contribution in [1.29, 1.82) is 0 Å². The Bertz CT molecular complexity index is 1160. The van der Waals surface area contributed by atoms with Crippen LogP contribution in [0.15, 0.2) is 67.0 Å². The van der Waals surface area contributed by atoms with Gasteiger partial charge in [-0.25, -0.2) is 8.96 Å². The lowest BCUT2D eigenvalue weighted by Crippen LogP contribution is -2.33. The van der Waals surface area contributed by atoms with Gasteiger partial charge in [-0.1, -0.05) is 12.1 Å². The Hall–Kier alpha value is -3.47. The van der Waals surface area contributed by atoms with Crippen LogP contribution in [0.25, 0.3) is 0 Å². The van der Waals surface area contributed by atoms with Crippen LogP contribution < -0.4 is 9.88 Å². The number of rotatable bonds is 8. The number of hydrogen-bond acceptors (Lipinski definition) is 2. The van der Waals surface area contributed by atoms with E-state index in [4.69, 9.17) is 4.74 Å². The average molecular weight is 515 g/mol. The molecule has 1 aromatic heterocycles. The van der Waals surface area contributed by atoms with Gasteiger partial charge in [0.25, 0.3) is 5.91 Å². The van der Waals surface area contributed by atoms with E-state index in [-0.39, 0.29) is 24.8 Å². The molecule has 0 radical (unpaired) electrons. The molecular weight excluding hydrogens is 493 g/mol. The predicted octanol–water partition coefficient (Wildman–Crippen LogP) is 5.42. The number of alkyl halides is 6. The van der Waals surface area contributed by atoms with Gasteiger partial charge in [-0.2, -0.15) is 26.3 Å². The molecule has 2 aromatic carbocycles. The van der Waals surface area contributed by atoms with E-state index in [9.17, 15) is 35.5 Å². The minimum atomic E-state index is -4.97. The number of ether oxygens (including phenoxy) is 1. The summed E-state index contributed by atoms with van der Waals surface area (Å²) < 4.78 is 99.1. The molecule has 4 nitrogen and oxygen atoms in total.